The molecule has 1 aromatic rings. The van der Waals surface area contributed by atoms with Crippen molar-refractivity contribution < 1.29 is 18.0 Å². The second-order valence-corrected chi connectivity index (χ2v) is 5.35. The van der Waals surface area contributed by atoms with E-state index in [4.69, 9.17) is 4.42 Å². The number of hydrogen-bond acceptors (Lipinski definition) is 3. The Hall–Kier alpha value is -1.63. The summed E-state index contributed by atoms with van der Waals surface area (Å²) in [6, 6.07) is 3.47. The van der Waals surface area contributed by atoms with Crippen molar-refractivity contribution in [2.75, 3.05) is 26.7 Å². The molecule has 0 radical (unpaired) electrons. The third kappa shape index (κ3) is 5.00. The highest BCUT2D eigenvalue weighted by molar-refractivity contribution is 5.74. The molecule has 2 amide bonds. The third-order valence-corrected chi connectivity index (χ3v) is 3.63. The number of piperidine rings is 1. The van der Waals surface area contributed by atoms with Gasteiger partial charge >= 0.3 is 6.03 Å². The lowest BCUT2D eigenvalue weighted by Crippen LogP contribution is -2.48. The van der Waals surface area contributed by atoms with Crippen LogP contribution in [0.2, 0.25) is 0 Å². The highest BCUT2D eigenvalue weighted by Crippen LogP contribution is 2.12. The van der Waals surface area contributed by atoms with Crippen LogP contribution in [0.15, 0.2) is 22.8 Å². The summed E-state index contributed by atoms with van der Waals surface area (Å²) in [6.07, 6.45) is 0.676. The van der Waals surface area contributed by atoms with Gasteiger partial charge in [0, 0.05) is 26.2 Å². The van der Waals surface area contributed by atoms with Crippen LogP contribution in [0.5, 0.6) is 0 Å². The van der Waals surface area contributed by atoms with E-state index in [0.29, 0.717) is 32.5 Å². The molecule has 118 valence electrons. The number of halogens is 2. The Bertz CT molecular complexity index is 431. The van der Waals surface area contributed by atoms with Crippen molar-refractivity contribution in [1.29, 1.82) is 0 Å². The third-order valence-electron chi connectivity index (χ3n) is 3.63. The summed E-state index contributed by atoms with van der Waals surface area (Å²) in [4.78, 5) is 15.3. The zero-order chi connectivity index (χ0) is 15.2. The van der Waals surface area contributed by atoms with Gasteiger partial charge in [-0.3, -0.25) is 4.90 Å². The minimum Gasteiger partial charge on any atom is -0.467 e. The lowest BCUT2D eigenvalue weighted by molar-refractivity contribution is 0.0731. The second-order valence-electron chi connectivity index (χ2n) is 5.35. The molecule has 0 bridgehead atoms. The summed E-state index contributed by atoms with van der Waals surface area (Å²) >= 11 is 0. The molecule has 0 aromatic carbocycles. The Morgan fingerprint density at radius 3 is 2.81 bits per heavy atom. The molecule has 2 rings (SSSR count). The number of likely N-dealkylation sites (tertiary alicyclic amines) is 1. The molecule has 1 aliphatic rings. The average molecular weight is 301 g/mol. The molecule has 0 unspecified atom stereocenters. The van der Waals surface area contributed by atoms with Crippen molar-refractivity contribution in [1.82, 2.24) is 15.1 Å². The van der Waals surface area contributed by atoms with Crippen LogP contribution >= 0.6 is 0 Å². The fourth-order valence-corrected chi connectivity index (χ4v) is 2.45. The van der Waals surface area contributed by atoms with Crippen LogP contribution in [0, 0.1) is 0 Å². The van der Waals surface area contributed by atoms with Gasteiger partial charge in [-0.15, -0.1) is 0 Å². The van der Waals surface area contributed by atoms with Gasteiger partial charge in [0.2, 0.25) is 0 Å². The van der Waals surface area contributed by atoms with Gasteiger partial charge in [-0.05, 0) is 25.0 Å². The topological polar surface area (TPSA) is 48.7 Å². The van der Waals surface area contributed by atoms with Gasteiger partial charge in [0.1, 0.15) is 5.76 Å². The van der Waals surface area contributed by atoms with Gasteiger partial charge < -0.3 is 14.6 Å². The summed E-state index contributed by atoms with van der Waals surface area (Å²) < 4.78 is 29.8. The number of furan rings is 1. The summed E-state index contributed by atoms with van der Waals surface area (Å²) in [5, 5.41) is 2.94. The largest absolute Gasteiger partial charge is 0.467 e. The molecular weight excluding hydrogens is 280 g/mol. The van der Waals surface area contributed by atoms with E-state index >= 15 is 0 Å². The first-order valence-electron chi connectivity index (χ1n) is 7.09. The number of alkyl halides is 2. The van der Waals surface area contributed by atoms with Gasteiger partial charge in [-0.25, -0.2) is 13.6 Å². The van der Waals surface area contributed by atoms with Gasteiger partial charge in [-0.1, -0.05) is 0 Å². The molecule has 21 heavy (non-hydrogen) atoms. The molecule has 2 heterocycles. The molecule has 0 saturated carbocycles. The maximum atomic E-state index is 12.3. The number of nitrogens with zero attached hydrogens (tertiary/aromatic N) is 2. The van der Waals surface area contributed by atoms with E-state index in [1.807, 2.05) is 6.07 Å². The SMILES string of the molecule is CN(Cc1ccco1)C(=O)NC1CCN(CC(F)F)CC1. The van der Waals surface area contributed by atoms with Crippen molar-refractivity contribution in [3.8, 4) is 0 Å². The smallest absolute Gasteiger partial charge is 0.317 e. The van der Waals surface area contributed by atoms with Crippen LogP contribution in [0.25, 0.3) is 0 Å². The predicted octanol–water partition coefficient (Wildman–Crippen LogP) is 2.15. The Balaban J connectivity index is 1.71. The van der Waals surface area contributed by atoms with Crippen LogP contribution in [0.3, 0.4) is 0 Å². The first-order chi connectivity index (χ1) is 10.0. The van der Waals surface area contributed by atoms with Crippen molar-refractivity contribution >= 4 is 6.03 Å². The fraction of sp³-hybridized carbons (Fsp3) is 0.643. The average Bonchev–Trinajstić information content (AvgIpc) is 2.93. The molecule has 5 nitrogen and oxygen atoms in total. The molecule has 1 fully saturated rings. The van der Waals surface area contributed by atoms with E-state index in [-0.39, 0.29) is 18.6 Å². The molecular formula is C14H21F2N3O2. The number of nitrogens with one attached hydrogen (secondary N) is 1. The molecule has 7 heteroatoms. The first-order valence-corrected chi connectivity index (χ1v) is 7.09. The minimum absolute atomic E-state index is 0.0467. The lowest BCUT2D eigenvalue weighted by Gasteiger charge is -2.32. The Labute approximate surface area is 122 Å². The maximum absolute atomic E-state index is 12.3. The molecule has 1 aliphatic heterocycles. The van der Waals surface area contributed by atoms with Crippen molar-refractivity contribution in [3.63, 3.8) is 0 Å². The van der Waals surface area contributed by atoms with E-state index in [1.165, 1.54) is 0 Å². The molecule has 1 saturated heterocycles. The normalized spacial score (nSPS) is 17.1. The van der Waals surface area contributed by atoms with Crippen molar-refractivity contribution in [2.45, 2.75) is 31.9 Å². The molecule has 1 N–H and O–H groups in total. The minimum atomic E-state index is -2.30. The lowest BCUT2D eigenvalue weighted by atomic mass is 10.1. The van der Waals surface area contributed by atoms with Gasteiger partial charge in [0.25, 0.3) is 6.43 Å². The van der Waals surface area contributed by atoms with E-state index in [2.05, 4.69) is 5.32 Å². The van der Waals surface area contributed by atoms with Crippen LogP contribution in [0.1, 0.15) is 18.6 Å². The van der Waals surface area contributed by atoms with Gasteiger partial charge in [0.15, 0.2) is 0 Å². The van der Waals surface area contributed by atoms with E-state index in [9.17, 15) is 13.6 Å². The maximum Gasteiger partial charge on any atom is 0.317 e. The first kappa shape index (κ1) is 15.8. The van der Waals surface area contributed by atoms with Crippen LogP contribution in [-0.2, 0) is 6.54 Å². The van der Waals surface area contributed by atoms with Crippen LogP contribution in [-0.4, -0.2) is 55.0 Å². The number of carbonyl (C=O) groups is 1. The second kappa shape index (κ2) is 7.40. The zero-order valence-corrected chi connectivity index (χ0v) is 12.1. The molecule has 1 aromatic heterocycles. The molecule has 0 atom stereocenters. The highest BCUT2D eigenvalue weighted by Gasteiger charge is 2.23. The van der Waals surface area contributed by atoms with E-state index in [1.54, 1.807) is 29.2 Å². The molecule has 0 aliphatic carbocycles. The molecule has 0 spiro atoms. The van der Waals surface area contributed by atoms with E-state index in [0.717, 1.165) is 5.76 Å². The van der Waals surface area contributed by atoms with E-state index < -0.39 is 6.43 Å². The fourth-order valence-electron chi connectivity index (χ4n) is 2.45. The quantitative estimate of drug-likeness (QED) is 0.906. The van der Waals surface area contributed by atoms with Crippen LogP contribution in [0.4, 0.5) is 13.6 Å². The monoisotopic (exact) mass is 301 g/mol. The number of amides is 2. The van der Waals surface area contributed by atoms with Crippen molar-refractivity contribution in [2.24, 2.45) is 0 Å². The number of rotatable bonds is 5. The van der Waals surface area contributed by atoms with Gasteiger partial charge in [0.05, 0.1) is 19.4 Å². The number of carbonyl (C=O) groups excluding carboxylic acids is 1. The Kier molecular flexibility index (Phi) is 5.55. The summed E-state index contributed by atoms with van der Waals surface area (Å²) in [6.45, 7) is 1.41. The Morgan fingerprint density at radius 1 is 1.52 bits per heavy atom. The summed E-state index contributed by atoms with van der Waals surface area (Å²) in [7, 11) is 1.70. The Morgan fingerprint density at radius 2 is 2.24 bits per heavy atom. The zero-order valence-electron chi connectivity index (χ0n) is 12.1. The predicted molar refractivity (Wildman–Crippen MR) is 74.2 cm³/mol. The van der Waals surface area contributed by atoms with Crippen LogP contribution < -0.4 is 5.32 Å². The van der Waals surface area contributed by atoms with Crippen molar-refractivity contribution in [3.05, 3.63) is 24.2 Å². The summed E-state index contributed by atoms with van der Waals surface area (Å²) in [5.41, 5.74) is 0. The highest BCUT2D eigenvalue weighted by atomic mass is 19.3. The standard InChI is InChI=1S/C14H21F2N3O2/c1-18(9-12-3-2-8-21-12)14(20)17-11-4-6-19(7-5-11)10-13(15)16/h2-3,8,11,13H,4-7,9-10H2,1H3,(H,17,20). The van der Waals surface area contributed by atoms with Gasteiger partial charge in [-0.2, -0.15) is 0 Å². The summed E-state index contributed by atoms with van der Waals surface area (Å²) in [5.74, 6) is 0.722. The number of urea groups is 1. The number of hydrogen-bond donors (Lipinski definition) is 1.